The average Bonchev–Trinajstić information content (AvgIpc) is 3.13. The summed E-state index contributed by atoms with van der Waals surface area (Å²) >= 11 is 3.35. The first kappa shape index (κ1) is 19.0. The highest BCUT2D eigenvalue weighted by molar-refractivity contribution is 9.10. The Labute approximate surface area is 172 Å². The highest BCUT2D eigenvalue weighted by Gasteiger charge is 2.12. The number of carbonyl (C=O) groups is 1. The third-order valence-corrected chi connectivity index (χ3v) is 4.81. The number of hydrogen-bond acceptors (Lipinski definition) is 4. The van der Waals surface area contributed by atoms with Crippen LogP contribution in [0.2, 0.25) is 0 Å². The van der Waals surface area contributed by atoms with Crippen LogP contribution in [0.4, 0.5) is 10.1 Å². The minimum absolute atomic E-state index is 0.117. The van der Waals surface area contributed by atoms with E-state index in [9.17, 15) is 14.0 Å². The van der Waals surface area contributed by atoms with Gasteiger partial charge in [-0.2, -0.15) is 5.10 Å². The third kappa shape index (κ3) is 4.09. The maximum Gasteiger partial charge on any atom is 0.264 e. The van der Waals surface area contributed by atoms with Crippen LogP contribution in [-0.2, 0) is 11.3 Å². The van der Waals surface area contributed by atoms with E-state index in [1.54, 1.807) is 24.3 Å². The summed E-state index contributed by atoms with van der Waals surface area (Å²) in [5.74, 6) is -0.571. The summed E-state index contributed by atoms with van der Waals surface area (Å²) in [6.45, 7) is 0.184. The quantitative estimate of drug-likeness (QED) is 0.499. The molecule has 1 N–H and O–H groups in total. The number of rotatable bonds is 5. The van der Waals surface area contributed by atoms with Crippen LogP contribution in [-0.4, -0.2) is 25.2 Å². The van der Waals surface area contributed by atoms with E-state index in [-0.39, 0.29) is 30.2 Å². The molecule has 9 heteroatoms. The summed E-state index contributed by atoms with van der Waals surface area (Å²) in [6.07, 6.45) is 2.93. The predicted molar refractivity (Wildman–Crippen MR) is 110 cm³/mol. The first-order valence-corrected chi connectivity index (χ1v) is 9.55. The van der Waals surface area contributed by atoms with Crippen LogP contribution in [0.1, 0.15) is 6.42 Å². The van der Waals surface area contributed by atoms with Gasteiger partial charge in [0.15, 0.2) is 5.65 Å². The molecule has 4 aromatic rings. The molecule has 0 spiro atoms. The fraction of sp³-hybridized carbons (Fsp3) is 0.100. The maximum absolute atomic E-state index is 13.1. The van der Waals surface area contributed by atoms with E-state index in [4.69, 9.17) is 0 Å². The number of benzene rings is 2. The molecule has 2 heterocycles. The monoisotopic (exact) mass is 455 g/mol. The van der Waals surface area contributed by atoms with Crippen LogP contribution in [0.25, 0.3) is 16.7 Å². The van der Waals surface area contributed by atoms with Gasteiger partial charge >= 0.3 is 0 Å². The molecule has 0 radical (unpaired) electrons. The van der Waals surface area contributed by atoms with E-state index < -0.39 is 0 Å². The van der Waals surface area contributed by atoms with Gasteiger partial charge in [0.2, 0.25) is 5.91 Å². The minimum Gasteiger partial charge on any atom is -0.326 e. The van der Waals surface area contributed by atoms with Crippen molar-refractivity contribution in [3.8, 4) is 5.69 Å². The molecule has 0 saturated heterocycles. The second-order valence-corrected chi connectivity index (χ2v) is 7.24. The van der Waals surface area contributed by atoms with Crippen molar-refractivity contribution in [1.29, 1.82) is 0 Å². The first-order valence-electron chi connectivity index (χ1n) is 8.76. The van der Waals surface area contributed by atoms with Crippen molar-refractivity contribution in [3.05, 3.63) is 81.7 Å². The Hall–Kier alpha value is -3.33. The fourth-order valence-corrected chi connectivity index (χ4v) is 3.29. The number of hydrogen-bond donors (Lipinski definition) is 1. The molecule has 0 fully saturated rings. The topological polar surface area (TPSA) is 81.8 Å². The first-order chi connectivity index (χ1) is 14.0. The third-order valence-electron chi connectivity index (χ3n) is 4.31. The van der Waals surface area contributed by atoms with Crippen LogP contribution in [0, 0.1) is 5.82 Å². The van der Waals surface area contributed by atoms with Crippen molar-refractivity contribution in [2.75, 3.05) is 5.32 Å². The summed E-state index contributed by atoms with van der Waals surface area (Å²) in [5, 5.41) is 7.30. The zero-order valence-corrected chi connectivity index (χ0v) is 16.6. The highest BCUT2D eigenvalue weighted by Crippen LogP contribution is 2.16. The van der Waals surface area contributed by atoms with E-state index in [2.05, 4.69) is 31.3 Å². The SMILES string of the molecule is O=C(CCn1cnc2c(cnn2-c2ccc(F)cc2)c1=O)Nc1cccc(Br)c1. The van der Waals surface area contributed by atoms with Crippen molar-refractivity contribution < 1.29 is 9.18 Å². The number of carbonyl (C=O) groups excluding carboxylic acids is 1. The number of aromatic nitrogens is 4. The Balaban J connectivity index is 1.51. The molecule has 146 valence electrons. The second-order valence-electron chi connectivity index (χ2n) is 6.32. The van der Waals surface area contributed by atoms with Crippen molar-refractivity contribution >= 4 is 38.6 Å². The van der Waals surface area contributed by atoms with Gasteiger partial charge in [-0.25, -0.2) is 14.1 Å². The molecule has 0 atom stereocenters. The summed E-state index contributed by atoms with van der Waals surface area (Å²) in [6, 6.07) is 13.0. The normalized spacial score (nSPS) is 11.0. The van der Waals surface area contributed by atoms with Gasteiger partial charge in [-0.15, -0.1) is 0 Å². The Morgan fingerprint density at radius 2 is 1.97 bits per heavy atom. The van der Waals surface area contributed by atoms with Gasteiger partial charge in [0.1, 0.15) is 11.2 Å². The number of halogens is 2. The zero-order chi connectivity index (χ0) is 20.4. The van der Waals surface area contributed by atoms with Gasteiger partial charge in [0, 0.05) is 23.1 Å². The lowest BCUT2D eigenvalue weighted by molar-refractivity contribution is -0.116. The van der Waals surface area contributed by atoms with Crippen molar-refractivity contribution in [3.63, 3.8) is 0 Å². The van der Waals surface area contributed by atoms with Crippen LogP contribution in [0.3, 0.4) is 0 Å². The van der Waals surface area contributed by atoms with Gasteiger partial charge in [-0.3, -0.25) is 14.2 Å². The van der Waals surface area contributed by atoms with E-state index in [0.717, 1.165) is 4.47 Å². The van der Waals surface area contributed by atoms with Crippen molar-refractivity contribution in [2.24, 2.45) is 0 Å². The van der Waals surface area contributed by atoms with E-state index in [1.807, 2.05) is 12.1 Å². The van der Waals surface area contributed by atoms with Gasteiger partial charge in [0.05, 0.1) is 18.2 Å². The molecule has 0 saturated carbocycles. The molecule has 0 aliphatic heterocycles. The lowest BCUT2D eigenvalue weighted by Crippen LogP contribution is -2.23. The largest absolute Gasteiger partial charge is 0.326 e. The molecule has 1 amide bonds. The zero-order valence-electron chi connectivity index (χ0n) is 15.0. The Morgan fingerprint density at radius 1 is 1.17 bits per heavy atom. The summed E-state index contributed by atoms with van der Waals surface area (Å²) < 4.78 is 16.8. The smallest absolute Gasteiger partial charge is 0.264 e. The molecule has 2 aromatic carbocycles. The van der Waals surface area contributed by atoms with E-state index in [1.165, 1.54) is 33.9 Å². The Bertz CT molecular complexity index is 1250. The molecule has 0 aliphatic carbocycles. The molecule has 0 bridgehead atoms. The van der Waals surface area contributed by atoms with E-state index >= 15 is 0 Å². The fourth-order valence-electron chi connectivity index (χ4n) is 2.89. The van der Waals surface area contributed by atoms with Gasteiger partial charge in [-0.1, -0.05) is 22.0 Å². The van der Waals surface area contributed by atoms with Crippen LogP contribution in [0.15, 0.2) is 70.3 Å². The molecular weight excluding hydrogens is 441 g/mol. The number of fused-ring (bicyclic) bond motifs is 1. The van der Waals surface area contributed by atoms with Crippen LogP contribution in [0.5, 0.6) is 0 Å². The van der Waals surface area contributed by atoms with Crippen LogP contribution < -0.4 is 10.9 Å². The van der Waals surface area contributed by atoms with Gasteiger partial charge in [0.25, 0.3) is 5.56 Å². The van der Waals surface area contributed by atoms with E-state index in [0.29, 0.717) is 22.4 Å². The van der Waals surface area contributed by atoms with Gasteiger partial charge in [-0.05, 0) is 42.5 Å². The lowest BCUT2D eigenvalue weighted by atomic mass is 10.3. The Morgan fingerprint density at radius 3 is 2.72 bits per heavy atom. The number of aryl methyl sites for hydroxylation is 1. The van der Waals surface area contributed by atoms with Crippen LogP contribution >= 0.6 is 15.9 Å². The average molecular weight is 456 g/mol. The minimum atomic E-state index is -0.360. The number of amides is 1. The van der Waals surface area contributed by atoms with Crippen molar-refractivity contribution in [2.45, 2.75) is 13.0 Å². The second kappa shape index (κ2) is 7.96. The van der Waals surface area contributed by atoms with Gasteiger partial charge < -0.3 is 5.32 Å². The molecule has 29 heavy (non-hydrogen) atoms. The number of nitrogens with one attached hydrogen (secondary N) is 1. The highest BCUT2D eigenvalue weighted by atomic mass is 79.9. The molecule has 0 aliphatic rings. The summed E-state index contributed by atoms with van der Waals surface area (Å²) in [5.41, 5.74) is 1.35. The standard InChI is InChI=1S/C20H15BrFN5O2/c21-13-2-1-3-15(10-13)25-18(28)8-9-26-12-23-19-17(20(26)29)11-24-27(19)16-6-4-14(22)5-7-16/h1-7,10-12H,8-9H2,(H,25,28). The lowest BCUT2D eigenvalue weighted by Gasteiger charge is -2.08. The molecule has 7 nitrogen and oxygen atoms in total. The maximum atomic E-state index is 13.1. The predicted octanol–water partition coefficient (Wildman–Crippen LogP) is 3.51. The molecule has 4 rings (SSSR count). The molecule has 0 unspecified atom stereocenters. The summed E-state index contributed by atoms with van der Waals surface area (Å²) in [7, 11) is 0. The number of anilines is 1. The number of nitrogens with zero attached hydrogens (tertiary/aromatic N) is 4. The molecule has 2 aromatic heterocycles. The van der Waals surface area contributed by atoms with Crippen molar-refractivity contribution in [1.82, 2.24) is 19.3 Å². The molecular formula is C20H15BrFN5O2. The Kier molecular flexibility index (Phi) is 5.22. The summed E-state index contributed by atoms with van der Waals surface area (Å²) in [4.78, 5) is 29.2.